The molecule has 0 atom stereocenters. The lowest BCUT2D eigenvalue weighted by atomic mass is 10.2. The van der Waals surface area contributed by atoms with Gasteiger partial charge in [-0.2, -0.15) is 0 Å². The van der Waals surface area contributed by atoms with E-state index in [1.165, 1.54) is 12.1 Å². The molecule has 5 heteroatoms. The fraction of sp³-hybridized carbons (Fsp3) is 0.278. The molecule has 1 N–H and O–H groups in total. The van der Waals surface area contributed by atoms with Crippen molar-refractivity contribution in [3.63, 3.8) is 0 Å². The van der Waals surface area contributed by atoms with E-state index in [4.69, 9.17) is 4.74 Å². The molecule has 0 saturated heterocycles. The van der Waals surface area contributed by atoms with Crippen molar-refractivity contribution in [2.24, 2.45) is 0 Å². The maximum atomic E-state index is 12.8. The molecule has 0 unspecified atom stereocenters. The van der Waals surface area contributed by atoms with Gasteiger partial charge in [0.25, 0.3) is 0 Å². The summed E-state index contributed by atoms with van der Waals surface area (Å²) in [5.41, 5.74) is 1.97. The van der Waals surface area contributed by atoms with Crippen molar-refractivity contribution in [2.75, 3.05) is 24.6 Å². The van der Waals surface area contributed by atoms with Crippen LogP contribution < -0.4 is 15.0 Å². The van der Waals surface area contributed by atoms with Crippen molar-refractivity contribution < 1.29 is 13.9 Å². The van der Waals surface area contributed by atoms with Crippen LogP contribution in [-0.4, -0.2) is 25.7 Å². The monoisotopic (exact) mass is 316 g/mol. The second kappa shape index (κ2) is 8.17. The van der Waals surface area contributed by atoms with Gasteiger partial charge in [0.1, 0.15) is 18.2 Å². The molecule has 0 spiro atoms. The first-order valence-corrected chi connectivity index (χ1v) is 7.60. The Morgan fingerprint density at radius 1 is 1.22 bits per heavy atom. The van der Waals surface area contributed by atoms with Crippen molar-refractivity contribution in [3.05, 3.63) is 59.9 Å². The molecule has 0 bridgehead atoms. The number of benzene rings is 2. The van der Waals surface area contributed by atoms with Crippen molar-refractivity contribution >= 4 is 11.7 Å². The summed E-state index contributed by atoms with van der Waals surface area (Å²) in [7, 11) is 0. The number of urea groups is 1. The van der Waals surface area contributed by atoms with E-state index in [1.807, 2.05) is 38.1 Å². The van der Waals surface area contributed by atoms with Crippen LogP contribution in [0.1, 0.15) is 12.5 Å². The number of carbonyl (C=O) groups is 1. The summed E-state index contributed by atoms with van der Waals surface area (Å²) in [6.45, 7) is 5.19. The van der Waals surface area contributed by atoms with E-state index in [2.05, 4.69) is 5.32 Å². The number of halogens is 1. The molecule has 0 heterocycles. The summed E-state index contributed by atoms with van der Waals surface area (Å²) in [6, 6.07) is 13.4. The molecule has 122 valence electrons. The maximum absolute atomic E-state index is 12.8. The molecule has 4 nitrogen and oxygen atoms in total. The summed E-state index contributed by atoms with van der Waals surface area (Å²) < 4.78 is 18.2. The summed E-state index contributed by atoms with van der Waals surface area (Å²) in [5, 5.41) is 2.82. The van der Waals surface area contributed by atoms with E-state index in [0.717, 1.165) is 11.3 Å². The number of amides is 2. The second-order valence-electron chi connectivity index (χ2n) is 5.12. The Kier molecular flexibility index (Phi) is 5.97. The van der Waals surface area contributed by atoms with Gasteiger partial charge in [-0.1, -0.05) is 12.1 Å². The van der Waals surface area contributed by atoms with Gasteiger partial charge >= 0.3 is 6.03 Å². The number of hydrogen-bond acceptors (Lipinski definition) is 2. The average molecular weight is 316 g/mol. The minimum absolute atomic E-state index is 0.166. The molecule has 23 heavy (non-hydrogen) atoms. The highest BCUT2D eigenvalue weighted by Gasteiger charge is 2.13. The van der Waals surface area contributed by atoms with E-state index >= 15 is 0 Å². The summed E-state index contributed by atoms with van der Waals surface area (Å²) in [4.78, 5) is 13.9. The zero-order chi connectivity index (χ0) is 16.7. The number of ether oxygens (including phenoxy) is 1. The van der Waals surface area contributed by atoms with Gasteiger partial charge in [0.2, 0.25) is 0 Å². The van der Waals surface area contributed by atoms with Crippen LogP contribution >= 0.6 is 0 Å². The Labute approximate surface area is 135 Å². The molecule has 0 fully saturated rings. The van der Waals surface area contributed by atoms with Crippen LogP contribution in [0.4, 0.5) is 14.9 Å². The standard InChI is InChI=1S/C18H21FN2O2/c1-3-21(16-6-4-5-14(2)13-16)18(22)20-11-12-23-17-9-7-15(19)8-10-17/h4-10,13H,3,11-12H2,1-2H3,(H,20,22). The van der Waals surface area contributed by atoms with Crippen LogP contribution in [0.3, 0.4) is 0 Å². The van der Waals surface area contributed by atoms with Gasteiger partial charge in [-0.3, -0.25) is 4.90 Å². The van der Waals surface area contributed by atoms with E-state index < -0.39 is 0 Å². The van der Waals surface area contributed by atoms with Crippen LogP contribution in [0.25, 0.3) is 0 Å². The van der Waals surface area contributed by atoms with Gasteiger partial charge in [-0.05, 0) is 55.8 Å². The van der Waals surface area contributed by atoms with Crippen LogP contribution in [0.15, 0.2) is 48.5 Å². The number of anilines is 1. The number of hydrogen-bond donors (Lipinski definition) is 1. The average Bonchev–Trinajstić information content (AvgIpc) is 2.54. The lowest BCUT2D eigenvalue weighted by Gasteiger charge is -2.22. The van der Waals surface area contributed by atoms with E-state index in [0.29, 0.717) is 25.4 Å². The molecule has 0 saturated carbocycles. The zero-order valence-electron chi connectivity index (χ0n) is 13.4. The molecule has 2 amide bonds. The highest BCUT2D eigenvalue weighted by atomic mass is 19.1. The molecule has 2 aromatic carbocycles. The van der Waals surface area contributed by atoms with Gasteiger partial charge < -0.3 is 10.1 Å². The minimum atomic E-state index is -0.303. The molecular formula is C18H21FN2O2. The lowest BCUT2D eigenvalue weighted by molar-refractivity contribution is 0.242. The molecule has 0 aliphatic carbocycles. The number of rotatable bonds is 6. The molecule has 0 radical (unpaired) electrons. The largest absolute Gasteiger partial charge is 0.492 e. The van der Waals surface area contributed by atoms with Gasteiger partial charge in [0.15, 0.2) is 0 Å². The van der Waals surface area contributed by atoms with Gasteiger partial charge in [0, 0.05) is 12.2 Å². The maximum Gasteiger partial charge on any atom is 0.321 e. The third-order valence-electron chi connectivity index (χ3n) is 3.34. The highest BCUT2D eigenvalue weighted by molar-refractivity contribution is 5.91. The van der Waals surface area contributed by atoms with Gasteiger partial charge in [0.05, 0.1) is 6.54 Å². The van der Waals surface area contributed by atoms with Crippen molar-refractivity contribution in [3.8, 4) is 5.75 Å². The number of nitrogens with zero attached hydrogens (tertiary/aromatic N) is 1. The first-order chi connectivity index (χ1) is 11.1. The fourth-order valence-electron chi connectivity index (χ4n) is 2.19. The normalized spacial score (nSPS) is 10.2. The Hall–Kier alpha value is -2.56. The molecule has 2 rings (SSSR count). The number of aryl methyl sites for hydroxylation is 1. The van der Waals surface area contributed by atoms with Gasteiger partial charge in [-0.15, -0.1) is 0 Å². The smallest absolute Gasteiger partial charge is 0.321 e. The second-order valence-corrected chi connectivity index (χ2v) is 5.12. The first kappa shape index (κ1) is 16.8. The topological polar surface area (TPSA) is 41.6 Å². The molecule has 0 aromatic heterocycles. The van der Waals surface area contributed by atoms with E-state index in [1.54, 1.807) is 17.0 Å². The number of carbonyl (C=O) groups excluding carboxylic acids is 1. The molecule has 0 aliphatic rings. The van der Waals surface area contributed by atoms with Crippen LogP contribution in [-0.2, 0) is 0 Å². The van der Waals surface area contributed by atoms with Gasteiger partial charge in [-0.25, -0.2) is 9.18 Å². The van der Waals surface area contributed by atoms with Crippen molar-refractivity contribution in [2.45, 2.75) is 13.8 Å². The van der Waals surface area contributed by atoms with Crippen LogP contribution in [0.2, 0.25) is 0 Å². The first-order valence-electron chi connectivity index (χ1n) is 7.60. The Bertz CT molecular complexity index is 644. The van der Waals surface area contributed by atoms with E-state index in [9.17, 15) is 9.18 Å². The van der Waals surface area contributed by atoms with Crippen molar-refractivity contribution in [1.82, 2.24) is 5.32 Å². The predicted molar refractivity (Wildman–Crippen MR) is 89.5 cm³/mol. The summed E-state index contributed by atoms with van der Waals surface area (Å²) in [5.74, 6) is 0.272. The third-order valence-corrected chi connectivity index (χ3v) is 3.34. The van der Waals surface area contributed by atoms with Crippen LogP contribution in [0.5, 0.6) is 5.75 Å². The predicted octanol–water partition coefficient (Wildman–Crippen LogP) is 3.75. The van der Waals surface area contributed by atoms with Crippen LogP contribution in [0, 0.1) is 12.7 Å². The SMILES string of the molecule is CCN(C(=O)NCCOc1ccc(F)cc1)c1cccc(C)c1. The molecule has 2 aromatic rings. The Morgan fingerprint density at radius 2 is 1.96 bits per heavy atom. The zero-order valence-corrected chi connectivity index (χ0v) is 13.4. The number of nitrogens with one attached hydrogen (secondary N) is 1. The minimum Gasteiger partial charge on any atom is -0.492 e. The van der Waals surface area contributed by atoms with E-state index in [-0.39, 0.29) is 11.8 Å². The Morgan fingerprint density at radius 3 is 2.61 bits per heavy atom. The Balaban J connectivity index is 1.82. The molecular weight excluding hydrogens is 295 g/mol. The fourth-order valence-corrected chi connectivity index (χ4v) is 2.19. The summed E-state index contributed by atoms with van der Waals surface area (Å²) in [6.07, 6.45) is 0. The highest BCUT2D eigenvalue weighted by Crippen LogP contribution is 2.15. The molecule has 0 aliphatic heterocycles. The van der Waals surface area contributed by atoms with Crippen molar-refractivity contribution in [1.29, 1.82) is 0 Å². The quantitative estimate of drug-likeness (QED) is 0.825. The summed E-state index contributed by atoms with van der Waals surface area (Å²) >= 11 is 0. The third kappa shape index (κ3) is 4.98. The lowest BCUT2D eigenvalue weighted by Crippen LogP contribution is -2.41.